The van der Waals surface area contributed by atoms with Gasteiger partial charge >= 0.3 is 5.97 Å². The highest BCUT2D eigenvalue weighted by atomic mass is 16.6. The number of ketones is 1. The van der Waals surface area contributed by atoms with Gasteiger partial charge in [-0.3, -0.25) is 4.79 Å². The summed E-state index contributed by atoms with van der Waals surface area (Å²) >= 11 is 0. The molecule has 7 nitrogen and oxygen atoms in total. The van der Waals surface area contributed by atoms with E-state index < -0.39 is 41.3 Å². The molecule has 0 aromatic rings. The monoisotopic (exact) mass is 340 g/mol. The highest BCUT2D eigenvalue weighted by Gasteiger charge is 2.54. The Bertz CT molecular complexity index is 538. The van der Waals surface area contributed by atoms with Crippen LogP contribution >= 0.6 is 0 Å². The van der Waals surface area contributed by atoms with Gasteiger partial charge in [-0.2, -0.15) is 0 Å². The second-order valence-corrected chi connectivity index (χ2v) is 5.79. The maximum absolute atomic E-state index is 12.3. The molecule has 7 heteroatoms. The van der Waals surface area contributed by atoms with Gasteiger partial charge in [0.1, 0.15) is 12.2 Å². The van der Waals surface area contributed by atoms with E-state index in [0.717, 1.165) is 0 Å². The van der Waals surface area contributed by atoms with Crippen LogP contribution < -0.4 is 0 Å². The maximum Gasteiger partial charge on any atom is 0.346 e. The highest BCUT2D eigenvalue weighted by molar-refractivity contribution is 6.06. The third-order valence-electron chi connectivity index (χ3n) is 4.25. The molecule has 0 spiro atoms. The predicted molar refractivity (Wildman–Crippen MR) is 84.6 cm³/mol. The molecule has 2 N–H and O–H groups in total. The smallest absolute Gasteiger partial charge is 0.346 e. The van der Waals surface area contributed by atoms with Gasteiger partial charge < -0.3 is 24.4 Å². The summed E-state index contributed by atoms with van der Waals surface area (Å²) in [7, 11) is 0. The largest absolute Gasteiger partial charge is 0.463 e. The van der Waals surface area contributed by atoms with Crippen molar-refractivity contribution in [3.05, 3.63) is 12.7 Å². The average molecular weight is 340 g/mol. The van der Waals surface area contributed by atoms with Gasteiger partial charge in [-0.05, 0) is 20.8 Å². The molecule has 0 bridgehead atoms. The summed E-state index contributed by atoms with van der Waals surface area (Å²) in [6.07, 6.45) is 3.02. The fourth-order valence-electron chi connectivity index (χ4n) is 2.52. The van der Waals surface area contributed by atoms with Crippen molar-refractivity contribution < 1.29 is 34.0 Å². The Balaban J connectivity index is 3.04. The number of rotatable bonds is 8. The Morgan fingerprint density at radius 1 is 1.50 bits per heavy atom. The van der Waals surface area contributed by atoms with Crippen molar-refractivity contribution in [2.24, 2.45) is 5.41 Å². The van der Waals surface area contributed by atoms with E-state index in [2.05, 4.69) is 12.5 Å². The van der Waals surface area contributed by atoms with E-state index in [0.29, 0.717) is 0 Å². The molecule has 0 radical (unpaired) electrons. The molecule has 1 aliphatic heterocycles. The SMILES string of the molecule is C#C[C@@]1(C)[C@@H](COC(CC=C)(C(C)=O)C(=O)OCC)OC(O)[C@@H]1O. The lowest BCUT2D eigenvalue weighted by atomic mass is 9.81. The third kappa shape index (κ3) is 3.52. The van der Waals surface area contributed by atoms with Crippen molar-refractivity contribution in [1.82, 2.24) is 0 Å². The van der Waals surface area contributed by atoms with E-state index in [9.17, 15) is 19.8 Å². The van der Waals surface area contributed by atoms with Gasteiger partial charge in [0.2, 0.25) is 5.60 Å². The van der Waals surface area contributed by atoms with E-state index in [1.165, 1.54) is 19.9 Å². The summed E-state index contributed by atoms with van der Waals surface area (Å²) in [6, 6.07) is 0. The van der Waals surface area contributed by atoms with Gasteiger partial charge in [-0.15, -0.1) is 13.0 Å². The molecule has 1 fully saturated rings. The van der Waals surface area contributed by atoms with Gasteiger partial charge in [0.05, 0.1) is 18.6 Å². The minimum atomic E-state index is -1.87. The van der Waals surface area contributed by atoms with Gasteiger partial charge in [-0.1, -0.05) is 12.0 Å². The van der Waals surface area contributed by atoms with Crippen molar-refractivity contribution in [2.45, 2.75) is 51.3 Å². The van der Waals surface area contributed by atoms with E-state index in [4.69, 9.17) is 20.6 Å². The number of hydrogen-bond acceptors (Lipinski definition) is 7. The molecule has 0 aromatic heterocycles. The van der Waals surface area contributed by atoms with Crippen LogP contribution in [0.15, 0.2) is 12.7 Å². The number of ether oxygens (including phenoxy) is 3. The van der Waals surface area contributed by atoms with Gasteiger partial charge in [0.25, 0.3) is 0 Å². The number of carbonyl (C=O) groups is 2. The number of hydrogen-bond donors (Lipinski definition) is 2. The molecular formula is C17H24O7. The molecule has 0 saturated carbocycles. The fraction of sp³-hybridized carbons (Fsp3) is 0.647. The van der Waals surface area contributed by atoms with Crippen LogP contribution in [0.1, 0.15) is 27.2 Å². The van der Waals surface area contributed by atoms with Crippen LogP contribution in [-0.2, 0) is 23.8 Å². The van der Waals surface area contributed by atoms with Crippen LogP contribution in [-0.4, -0.2) is 59.3 Å². The lowest BCUT2D eigenvalue weighted by molar-refractivity contribution is -0.185. The molecule has 1 rings (SSSR count). The highest BCUT2D eigenvalue weighted by Crippen LogP contribution is 2.38. The number of terminal acetylenes is 1. The van der Waals surface area contributed by atoms with E-state index in [1.54, 1.807) is 6.92 Å². The standard InChI is InChI=1S/C17H24O7/c1-6-9-17(11(4)18,15(21)22-8-3)23-10-12-16(5,7-2)13(19)14(20)24-12/h2,6,12-14,19-20H,1,8-10H2,3-5H3/t12-,13+,14?,16+,17?/m1/s1. The van der Waals surface area contributed by atoms with Crippen molar-refractivity contribution in [2.75, 3.05) is 13.2 Å². The third-order valence-corrected chi connectivity index (χ3v) is 4.25. The second kappa shape index (κ2) is 7.90. The minimum absolute atomic E-state index is 0.0772. The van der Waals surface area contributed by atoms with Gasteiger partial charge in [-0.25, -0.2) is 4.79 Å². The van der Waals surface area contributed by atoms with Crippen LogP contribution in [0, 0.1) is 17.8 Å². The summed E-state index contributed by atoms with van der Waals surface area (Å²) in [5.74, 6) is 0.998. The zero-order valence-electron chi connectivity index (χ0n) is 14.2. The van der Waals surface area contributed by atoms with Crippen LogP contribution in [0.3, 0.4) is 0 Å². The Morgan fingerprint density at radius 2 is 2.12 bits per heavy atom. The Kier molecular flexibility index (Phi) is 6.69. The van der Waals surface area contributed by atoms with Crippen LogP contribution in [0.5, 0.6) is 0 Å². The van der Waals surface area contributed by atoms with Crippen molar-refractivity contribution >= 4 is 11.8 Å². The quantitative estimate of drug-likeness (QED) is 0.281. The van der Waals surface area contributed by atoms with Gasteiger partial charge in [0.15, 0.2) is 12.1 Å². The number of carbonyl (C=O) groups excluding carboxylic acids is 2. The molecule has 1 saturated heterocycles. The fourth-order valence-corrected chi connectivity index (χ4v) is 2.52. The molecule has 24 heavy (non-hydrogen) atoms. The summed E-state index contributed by atoms with van der Waals surface area (Å²) in [5.41, 5.74) is -3.10. The van der Waals surface area contributed by atoms with Gasteiger partial charge in [0, 0.05) is 6.42 Å². The molecule has 1 heterocycles. The first kappa shape index (κ1) is 20.3. The predicted octanol–water partition coefficient (Wildman–Crippen LogP) is 0.188. The molecule has 0 aliphatic carbocycles. The maximum atomic E-state index is 12.3. The molecule has 1 aliphatic rings. The summed E-state index contributed by atoms with van der Waals surface area (Å²) in [4.78, 5) is 24.3. The summed E-state index contributed by atoms with van der Waals surface area (Å²) in [6.45, 7) is 7.66. The number of Topliss-reactive ketones (excluding diaryl/α,β-unsaturated/α-hetero) is 1. The van der Waals surface area contributed by atoms with E-state index in [1.807, 2.05) is 0 Å². The van der Waals surface area contributed by atoms with Crippen LogP contribution in [0.2, 0.25) is 0 Å². The Morgan fingerprint density at radius 3 is 2.58 bits per heavy atom. The van der Waals surface area contributed by atoms with Crippen molar-refractivity contribution in [3.8, 4) is 12.3 Å². The van der Waals surface area contributed by atoms with Crippen molar-refractivity contribution in [1.29, 1.82) is 0 Å². The molecule has 0 aromatic carbocycles. The second-order valence-electron chi connectivity index (χ2n) is 5.79. The van der Waals surface area contributed by atoms with E-state index >= 15 is 0 Å². The number of esters is 1. The first-order valence-electron chi connectivity index (χ1n) is 7.62. The number of aliphatic hydroxyl groups excluding tert-OH is 2. The van der Waals surface area contributed by atoms with Crippen LogP contribution in [0.25, 0.3) is 0 Å². The number of aliphatic hydroxyl groups is 2. The zero-order chi connectivity index (χ0) is 18.5. The summed E-state index contributed by atoms with van der Waals surface area (Å²) in [5, 5.41) is 19.6. The lowest BCUT2D eigenvalue weighted by Crippen LogP contribution is -2.51. The zero-order valence-corrected chi connectivity index (χ0v) is 14.2. The first-order valence-corrected chi connectivity index (χ1v) is 7.62. The first-order chi connectivity index (χ1) is 11.2. The molecule has 134 valence electrons. The average Bonchev–Trinajstić information content (AvgIpc) is 2.75. The minimum Gasteiger partial charge on any atom is -0.463 e. The topological polar surface area (TPSA) is 102 Å². The molecule has 2 unspecified atom stereocenters. The van der Waals surface area contributed by atoms with E-state index in [-0.39, 0.29) is 19.6 Å². The van der Waals surface area contributed by atoms with Crippen molar-refractivity contribution in [3.63, 3.8) is 0 Å². The van der Waals surface area contributed by atoms with Crippen LogP contribution in [0.4, 0.5) is 0 Å². The molecule has 0 amide bonds. The Hall–Kier alpha value is -1.72. The normalized spacial score (nSPS) is 31.8. The summed E-state index contributed by atoms with van der Waals surface area (Å²) < 4.78 is 15.8. The lowest BCUT2D eigenvalue weighted by Gasteiger charge is -2.32. The Labute approximate surface area is 141 Å². The molecule has 5 atom stereocenters. The molecular weight excluding hydrogens is 316 g/mol.